The van der Waals surface area contributed by atoms with Gasteiger partial charge in [-0.25, -0.2) is 0 Å². The molecular weight excluding hydrogens is 170 g/mol. The Morgan fingerprint density at radius 3 is 2.92 bits per heavy atom. The molecule has 0 aromatic carbocycles. The molecule has 1 rings (SSSR count). The molecule has 0 saturated carbocycles. The summed E-state index contributed by atoms with van der Waals surface area (Å²) in [5, 5.41) is 11.4. The van der Waals surface area contributed by atoms with E-state index in [1.165, 1.54) is 18.3 Å². The van der Waals surface area contributed by atoms with Crippen LogP contribution in [0.5, 0.6) is 0 Å². The first-order valence-corrected chi connectivity index (χ1v) is 3.60. The normalized spacial score (nSPS) is 11.3. The number of amides is 1. The summed E-state index contributed by atoms with van der Waals surface area (Å²) in [6.07, 6.45) is 1.43. The largest absolute Gasteiger partial charge is 0.411 e. The van der Waals surface area contributed by atoms with Gasteiger partial charge in [0.1, 0.15) is 5.71 Å². The lowest BCUT2D eigenvalue weighted by molar-refractivity contribution is 0.1000. The molecule has 1 aromatic rings. The number of carbonyl (C=O) groups excluding carboxylic acids is 1. The number of aromatic nitrogens is 1. The number of rotatable bonds is 2. The Morgan fingerprint density at radius 1 is 1.69 bits per heavy atom. The first-order valence-electron chi connectivity index (χ1n) is 3.60. The maximum atomic E-state index is 10.8. The van der Waals surface area contributed by atoms with E-state index in [2.05, 4.69) is 10.1 Å². The van der Waals surface area contributed by atoms with Crippen LogP contribution in [0.3, 0.4) is 0 Å². The van der Waals surface area contributed by atoms with Crippen LogP contribution in [-0.2, 0) is 0 Å². The predicted molar refractivity (Wildman–Crippen MR) is 46.8 cm³/mol. The number of primary amides is 1. The molecule has 0 fully saturated rings. The molecule has 0 spiro atoms. The summed E-state index contributed by atoms with van der Waals surface area (Å²) < 4.78 is 0. The first-order chi connectivity index (χ1) is 6.15. The lowest BCUT2D eigenvalue weighted by Gasteiger charge is -1.98. The van der Waals surface area contributed by atoms with E-state index in [0.717, 1.165) is 0 Å². The highest BCUT2D eigenvalue weighted by Crippen LogP contribution is 2.02. The average Bonchev–Trinajstić information content (AvgIpc) is 2.17. The van der Waals surface area contributed by atoms with Crippen molar-refractivity contribution in [2.45, 2.75) is 6.92 Å². The van der Waals surface area contributed by atoms with Crippen LogP contribution in [0.25, 0.3) is 0 Å². The van der Waals surface area contributed by atoms with Crippen LogP contribution in [0.15, 0.2) is 23.5 Å². The van der Waals surface area contributed by atoms with E-state index in [1.807, 2.05) is 0 Å². The molecule has 0 unspecified atom stereocenters. The van der Waals surface area contributed by atoms with Gasteiger partial charge < -0.3 is 10.9 Å². The summed E-state index contributed by atoms with van der Waals surface area (Å²) in [5.41, 5.74) is 6.16. The van der Waals surface area contributed by atoms with Gasteiger partial charge in [-0.3, -0.25) is 9.78 Å². The minimum absolute atomic E-state index is 0.336. The van der Waals surface area contributed by atoms with Gasteiger partial charge in [-0.05, 0) is 19.1 Å². The van der Waals surface area contributed by atoms with Gasteiger partial charge >= 0.3 is 0 Å². The van der Waals surface area contributed by atoms with Crippen molar-refractivity contribution in [3.8, 4) is 0 Å². The van der Waals surface area contributed by atoms with E-state index in [0.29, 0.717) is 17.0 Å². The number of hydrogen-bond acceptors (Lipinski definition) is 4. The van der Waals surface area contributed by atoms with Crippen LogP contribution < -0.4 is 5.73 Å². The molecule has 5 nitrogen and oxygen atoms in total. The van der Waals surface area contributed by atoms with Gasteiger partial charge in [-0.15, -0.1) is 0 Å². The fourth-order valence-electron chi connectivity index (χ4n) is 0.833. The van der Waals surface area contributed by atoms with Crippen LogP contribution >= 0.6 is 0 Å². The fraction of sp³-hybridized carbons (Fsp3) is 0.125. The van der Waals surface area contributed by atoms with E-state index < -0.39 is 5.91 Å². The van der Waals surface area contributed by atoms with Gasteiger partial charge in [0.05, 0.1) is 5.69 Å². The summed E-state index contributed by atoms with van der Waals surface area (Å²) in [7, 11) is 0. The van der Waals surface area contributed by atoms with Gasteiger partial charge in [0.2, 0.25) is 5.91 Å². The van der Waals surface area contributed by atoms with Crippen molar-refractivity contribution in [3.05, 3.63) is 29.6 Å². The summed E-state index contributed by atoms with van der Waals surface area (Å²) >= 11 is 0. The monoisotopic (exact) mass is 179 g/mol. The molecule has 1 amide bonds. The van der Waals surface area contributed by atoms with Crippen molar-refractivity contribution in [1.29, 1.82) is 0 Å². The quantitative estimate of drug-likeness (QED) is 0.390. The predicted octanol–water partition coefficient (Wildman–Crippen LogP) is 0.379. The third-order valence-electron chi connectivity index (χ3n) is 1.57. The number of nitrogens with two attached hydrogens (primary N) is 1. The topological polar surface area (TPSA) is 88.6 Å². The smallest absolute Gasteiger partial charge is 0.248 e. The highest BCUT2D eigenvalue weighted by Gasteiger charge is 2.04. The van der Waals surface area contributed by atoms with Crippen LogP contribution in [0, 0.1) is 0 Å². The Labute approximate surface area is 74.9 Å². The lowest BCUT2D eigenvalue weighted by Crippen LogP contribution is -2.12. The molecule has 1 heterocycles. The molecule has 0 bridgehead atoms. The van der Waals surface area contributed by atoms with Crippen molar-refractivity contribution < 1.29 is 10.0 Å². The van der Waals surface area contributed by atoms with Crippen molar-refractivity contribution in [3.63, 3.8) is 0 Å². The second kappa shape index (κ2) is 3.66. The van der Waals surface area contributed by atoms with Crippen molar-refractivity contribution in [2.75, 3.05) is 0 Å². The van der Waals surface area contributed by atoms with E-state index in [1.54, 1.807) is 6.92 Å². The van der Waals surface area contributed by atoms with Crippen molar-refractivity contribution in [1.82, 2.24) is 4.98 Å². The number of carbonyl (C=O) groups is 1. The molecule has 68 valence electrons. The molecule has 1 aromatic heterocycles. The molecule has 0 atom stereocenters. The Bertz CT molecular complexity index is 360. The lowest BCUT2D eigenvalue weighted by atomic mass is 10.2. The van der Waals surface area contributed by atoms with Gasteiger partial charge in [0.15, 0.2) is 0 Å². The fourth-order valence-corrected chi connectivity index (χ4v) is 0.833. The minimum atomic E-state index is -0.533. The maximum Gasteiger partial charge on any atom is 0.248 e. The summed E-state index contributed by atoms with van der Waals surface area (Å²) in [4.78, 5) is 14.7. The third kappa shape index (κ3) is 2.02. The van der Waals surface area contributed by atoms with Gasteiger partial charge in [-0.1, -0.05) is 5.16 Å². The molecule has 0 saturated heterocycles. The molecule has 0 aliphatic rings. The highest BCUT2D eigenvalue weighted by molar-refractivity contribution is 5.99. The van der Waals surface area contributed by atoms with Crippen LogP contribution in [0.1, 0.15) is 23.0 Å². The van der Waals surface area contributed by atoms with E-state index in [9.17, 15) is 4.79 Å². The molecule has 5 heteroatoms. The molecule has 0 aliphatic carbocycles. The zero-order valence-corrected chi connectivity index (χ0v) is 7.06. The van der Waals surface area contributed by atoms with Crippen molar-refractivity contribution in [2.24, 2.45) is 10.9 Å². The van der Waals surface area contributed by atoms with E-state index >= 15 is 0 Å². The minimum Gasteiger partial charge on any atom is -0.411 e. The molecular formula is C8H9N3O2. The molecule has 3 N–H and O–H groups in total. The SMILES string of the molecule is C/C(=N\O)c1cc(C(N)=O)ccn1. The average molecular weight is 179 g/mol. The van der Waals surface area contributed by atoms with E-state index in [-0.39, 0.29) is 0 Å². The summed E-state index contributed by atoms with van der Waals surface area (Å²) in [6, 6.07) is 2.97. The molecule has 0 radical (unpaired) electrons. The zero-order valence-electron chi connectivity index (χ0n) is 7.06. The van der Waals surface area contributed by atoms with Gasteiger partial charge in [0.25, 0.3) is 0 Å². The highest BCUT2D eigenvalue weighted by atomic mass is 16.4. The molecule has 0 aliphatic heterocycles. The van der Waals surface area contributed by atoms with Crippen LogP contribution in [0.2, 0.25) is 0 Å². The van der Waals surface area contributed by atoms with E-state index in [4.69, 9.17) is 10.9 Å². The third-order valence-corrected chi connectivity index (χ3v) is 1.57. The number of nitrogens with zero attached hydrogens (tertiary/aromatic N) is 2. The second-order valence-electron chi connectivity index (χ2n) is 2.48. The Morgan fingerprint density at radius 2 is 2.38 bits per heavy atom. The zero-order chi connectivity index (χ0) is 9.84. The maximum absolute atomic E-state index is 10.8. The van der Waals surface area contributed by atoms with Crippen molar-refractivity contribution >= 4 is 11.6 Å². The molecule has 13 heavy (non-hydrogen) atoms. The standard InChI is InChI=1S/C8H9N3O2/c1-5(11-13)7-4-6(8(9)12)2-3-10-7/h2-4,13H,1H3,(H2,9,12)/b11-5+. The Kier molecular flexibility index (Phi) is 2.59. The number of hydrogen-bond donors (Lipinski definition) is 2. The number of pyridine rings is 1. The summed E-state index contributed by atoms with van der Waals surface area (Å²) in [5.74, 6) is -0.533. The Hall–Kier alpha value is -1.91. The van der Waals surface area contributed by atoms with Gasteiger partial charge in [-0.2, -0.15) is 0 Å². The van der Waals surface area contributed by atoms with Crippen LogP contribution in [0.4, 0.5) is 0 Å². The number of oxime groups is 1. The summed E-state index contributed by atoms with van der Waals surface area (Å²) in [6.45, 7) is 1.58. The Balaban J connectivity index is 3.13. The first kappa shape index (κ1) is 9.18. The van der Waals surface area contributed by atoms with Gasteiger partial charge in [0, 0.05) is 11.8 Å². The second-order valence-corrected chi connectivity index (χ2v) is 2.48. The van der Waals surface area contributed by atoms with Crippen LogP contribution in [-0.4, -0.2) is 21.8 Å².